The summed E-state index contributed by atoms with van der Waals surface area (Å²) >= 11 is 0. The first-order valence-electron chi connectivity index (χ1n) is 15.0. The van der Waals surface area contributed by atoms with Crippen molar-refractivity contribution in [1.29, 1.82) is 0 Å². The van der Waals surface area contributed by atoms with E-state index in [1.807, 2.05) is 52.0 Å². The molecule has 0 unspecified atom stereocenters. The van der Waals surface area contributed by atoms with Gasteiger partial charge >= 0.3 is 6.18 Å². The number of benzene rings is 4. The van der Waals surface area contributed by atoms with E-state index >= 15 is 0 Å². The van der Waals surface area contributed by atoms with Gasteiger partial charge in [0, 0.05) is 28.8 Å². The third kappa shape index (κ3) is 10.5. The molecule has 11 heteroatoms. The Kier molecular flexibility index (Phi) is 14.7. The molecule has 4 aromatic rings. The zero-order chi connectivity index (χ0) is 35.3. The molecule has 0 aliphatic rings. The van der Waals surface area contributed by atoms with Gasteiger partial charge in [-0.05, 0) is 65.7 Å². The van der Waals surface area contributed by atoms with Crippen molar-refractivity contribution in [3.05, 3.63) is 118 Å². The van der Waals surface area contributed by atoms with E-state index in [-0.39, 0.29) is 28.8 Å². The summed E-state index contributed by atoms with van der Waals surface area (Å²) in [5.74, 6) is -3.78. The van der Waals surface area contributed by atoms with Gasteiger partial charge in [-0.1, -0.05) is 82.0 Å². The van der Waals surface area contributed by atoms with Crippen LogP contribution in [0, 0.1) is 40.9 Å². The van der Waals surface area contributed by atoms with Crippen molar-refractivity contribution < 1.29 is 44.4 Å². The van der Waals surface area contributed by atoms with Crippen LogP contribution in [0.4, 0.5) is 45.3 Å². The first-order valence-corrected chi connectivity index (χ1v) is 15.0. The Labute approximate surface area is 268 Å². The molecule has 0 spiro atoms. The minimum absolute atomic E-state index is 0.00778. The standard InChI is InChI=1S/C32H22F9NO.2C2H6/c1-2-3-4-5-19-6-8-20(9-7-19)10-11-21-12-13-24(25(33)14-21)22-15-28(36)31(29(37)16-22)42(41)43-23-17-26(34)30(27(35)18-23)32(38,39)40;2*1-2/h6-9,12-18H,2-5H2,1H3;2*1-2H3. The van der Waals surface area contributed by atoms with Crippen molar-refractivity contribution in [1.82, 2.24) is 0 Å². The second-order valence-electron chi connectivity index (χ2n) is 9.48. The lowest BCUT2D eigenvalue weighted by atomic mass is 10.0. The number of rotatable bonds is 8. The molecule has 0 aliphatic carbocycles. The topological polar surface area (TPSA) is 12.5 Å². The minimum Gasteiger partial charge on any atom is -0.349 e. The SMILES string of the molecule is CC.CC.CCCCCc1ccc(C#Cc2ccc(-c3cc(F)c(N(F)Oc4cc(F)c(C(F)(F)F)c(F)c4)c(F)c3)c(F)c2)cc1. The highest BCUT2D eigenvalue weighted by molar-refractivity contribution is 5.68. The molecule has 0 aliphatic heterocycles. The molecule has 252 valence electrons. The summed E-state index contributed by atoms with van der Waals surface area (Å²) in [4.78, 5) is 4.32. The Bertz CT molecular complexity index is 1630. The first kappa shape index (κ1) is 38.6. The van der Waals surface area contributed by atoms with Crippen LogP contribution in [0.15, 0.2) is 66.7 Å². The van der Waals surface area contributed by atoms with Crippen LogP contribution in [0.25, 0.3) is 11.1 Å². The number of nitrogens with zero attached hydrogens (tertiary/aromatic N) is 1. The van der Waals surface area contributed by atoms with Crippen molar-refractivity contribution in [3.63, 3.8) is 0 Å². The van der Waals surface area contributed by atoms with E-state index in [0.29, 0.717) is 17.7 Å². The van der Waals surface area contributed by atoms with Crippen LogP contribution in [-0.2, 0) is 12.6 Å². The highest BCUT2D eigenvalue weighted by atomic mass is 19.4. The second kappa shape index (κ2) is 17.9. The van der Waals surface area contributed by atoms with E-state index in [9.17, 15) is 39.6 Å². The fraction of sp³-hybridized carbons (Fsp3) is 0.278. The Morgan fingerprint density at radius 3 is 1.70 bits per heavy atom. The average Bonchev–Trinajstić information content (AvgIpc) is 3.01. The van der Waals surface area contributed by atoms with Crippen molar-refractivity contribution in [2.45, 2.75) is 66.5 Å². The highest BCUT2D eigenvalue weighted by Gasteiger charge is 2.38. The highest BCUT2D eigenvalue weighted by Crippen LogP contribution is 2.37. The number of halogens is 9. The molecule has 0 aromatic heterocycles. The van der Waals surface area contributed by atoms with Crippen LogP contribution in [0.2, 0.25) is 0 Å². The molecule has 2 nitrogen and oxygen atoms in total. The Morgan fingerprint density at radius 2 is 1.19 bits per heavy atom. The lowest BCUT2D eigenvalue weighted by Crippen LogP contribution is -2.20. The van der Waals surface area contributed by atoms with E-state index in [1.165, 1.54) is 17.7 Å². The van der Waals surface area contributed by atoms with Gasteiger partial charge in [0.25, 0.3) is 0 Å². The number of anilines is 1. The molecule has 0 fully saturated rings. The van der Waals surface area contributed by atoms with Gasteiger partial charge in [0.2, 0.25) is 0 Å². The van der Waals surface area contributed by atoms with Gasteiger partial charge in [-0.2, -0.15) is 13.2 Å². The fourth-order valence-electron chi connectivity index (χ4n) is 4.21. The van der Waals surface area contributed by atoms with Crippen LogP contribution >= 0.6 is 0 Å². The summed E-state index contributed by atoms with van der Waals surface area (Å²) in [5.41, 5.74) is -2.14. The number of hydrogen-bond acceptors (Lipinski definition) is 2. The van der Waals surface area contributed by atoms with Gasteiger partial charge in [0.15, 0.2) is 23.1 Å². The molecular weight excluding hydrogens is 633 g/mol. The largest absolute Gasteiger partial charge is 0.422 e. The summed E-state index contributed by atoms with van der Waals surface area (Å²) < 4.78 is 125. The van der Waals surface area contributed by atoms with Crippen molar-refractivity contribution in [3.8, 4) is 28.7 Å². The predicted molar refractivity (Wildman–Crippen MR) is 166 cm³/mol. The van der Waals surface area contributed by atoms with Gasteiger partial charge in [-0.3, -0.25) is 0 Å². The van der Waals surface area contributed by atoms with Crippen LogP contribution in [0.5, 0.6) is 5.75 Å². The number of aryl methyl sites for hydroxylation is 1. The molecule has 4 aromatic carbocycles. The van der Waals surface area contributed by atoms with Gasteiger partial charge in [-0.15, -0.1) is 0 Å². The van der Waals surface area contributed by atoms with Gasteiger partial charge in [0.1, 0.15) is 23.0 Å². The van der Waals surface area contributed by atoms with Crippen molar-refractivity contribution in [2.75, 3.05) is 5.29 Å². The summed E-state index contributed by atoms with van der Waals surface area (Å²) in [6.45, 7) is 10.1. The maximum Gasteiger partial charge on any atom is 0.422 e. The Hall–Kier alpha value is -4.59. The van der Waals surface area contributed by atoms with Crippen LogP contribution in [0.1, 0.15) is 76.1 Å². The first-order chi connectivity index (χ1) is 22.4. The molecule has 0 heterocycles. The molecule has 0 amide bonds. The van der Waals surface area contributed by atoms with Crippen LogP contribution in [-0.4, -0.2) is 0 Å². The third-order valence-corrected chi connectivity index (χ3v) is 6.33. The predicted octanol–water partition coefficient (Wildman–Crippen LogP) is 11.9. The van der Waals surface area contributed by atoms with Gasteiger partial charge < -0.3 is 4.84 Å². The smallest absolute Gasteiger partial charge is 0.349 e. The third-order valence-electron chi connectivity index (χ3n) is 6.33. The van der Waals surface area contributed by atoms with Crippen LogP contribution < -0.4 is 10.1 Å². The van der Waals surface area contributed by atoms with Crippen molar-refractivity contribution in [2.24, 2.45) is 0 Å². The van der Waals surface area contributed by atoms with E-state index in [1.54, 1.807) is 0 Å². The normalized spacial score (nSPS) is 10.5. The van der Waals surface area contributed by atoms with Gasteiger partial charge in [0.05, 0.1) is 0 Å². The maximum atomic E-state index is 14.9. The molecular formula is C36H34F9NO. The minimum atomic E-state index is -5.39. The van der Waals surface area contributed by atoms with Crippen LogP contribution in [0.3, 0.4) is 0 Å². The summed E-state index contributed by atoms with van der Waals surface area (Å²) in [7, 11) is 0. The van der Waals surface area contributed by atoms with E-state index in [0.717, 1.165) is 31.7 Å². The summed E-state index contributed by atoms with van der Waals surface area (Å²) in [6.07, 6.45) is -1.07. The van der Waals surface area contributed by atoms with E-state index < -0.39 is 57.5 Å². The van der Waals surface area contributed by atoms with Crippen molar-refractivity contribution >= 4 is 5.69 Å². The summed E-state index contributed by atoms with van der Waals surface area (Å²) in [6, 6.07) is 12.5. The van der Waals surface area contributed by atoms with E-state index in [2.05, 4.69) is 23.6 Å². The molecule has 0 saturated carbocycles. The lowest BCUT2D eigenvalue weighted by molar-refractivity contribution is -0.142. The quantitative estimate of drug-likeness (QED) is 0.0610. The zero-order valence-electron chi connectivity index (χ0n) is 26.4. The molecule has 0 bridgehead atoms. The zero-order valence-corrected chi connectivity index (χ0v) is 26.4. The molecule has 47 heavy (non-hydrogen) atoms. The molecule has 0 atom stereocenters. The fourth-order valence-corrected chi connectivity index (χ4v) is 4.21. The molecule has 4 rings (SSSR count). The monoisotopic (exact) mass is 667 g/mol. The Balaban J connectivity index is 0.00000185. The number of hydrogen-bond donors (Lipinski definition) is 0. The molecule has 0 radical (unpaired) electrons. The van der Waals surface area contributed by atoms with Gasteiger partial charge in [-0.25, -0.2) is 22.0 Å². The maximum absolute atomic E-state index is 14.9. The molecule has 0 saturated heterocycles. The molecule has 0 N–H and O–H groups in total. The second-order valence-corrected chi connectivity index (χ2v) is 9.48. The number of alkyl halides is 3. The van der Waals surface area contributed by atoms with E-state index in [4.69, 9.17) is 0 Å². The number of unbranched alkanes of at least 4 members (excludes halogenated alkanes) is 2. The average molecular weight is 668 g/mol. The Morgan fingerprint density at radius 1 is 0.660 bits per heavy atom. The summed E-state index contributed by atoms with van der Waals surface area (Å²) in [5, 5.41) is -1.05. The lowest BCUT2D eigenvalue weighted by Gasteiger charge is -2.17.